The van der Waals surface area contributed by atoms with E-state index in [1.54, 1.807) is 13.8 Å². The third-order valence-electron chi connectivity index (χ3n) is 2.88. The number of hydrogen-bond acceptors (Lipinski definition) is 4. The predicted molar refractivity (Wildman–Crippen MR) is 89.1 cm³/mol. The van der Waals surface area contributed by atoms with Gasteiger partial charge in [0.25, 0.3) is 0 Å². The fourth-order valence-electron chi connectivity index (χ4n) is 1.82. The summed E-state index contributed by atoms with van der Waals surface area (Å²) in [6, 6.07) is 5.34. The van der Waals surface area contributed by atoms with E-state index in [-0.39, 0.29) is 28.4 Å². The molecule has 0 aliphatic heterocycles. The number of urea groups is 1. The number of carbonyl (C=O) groups is 1. The molecule has 6 nitrogen and oxygen atoms in total. The zero-order valence-electron chi connectivity index (χ0n) is 13.3. The van der Waals surface area contributed by atoms with E-state index in [0.29, 0.717) is 0 Å². The van der Waals surface area contributed by atoms with Gasteiger partial charge in [-0.25, -0.2) is 4.79 Å². The highest BCUT2D eigenvalue weighted by Gasteiger charge is 2.31. The lowest BCUT2D eigenvalue weighted by Gasteiger charge is -2.12. The molecular weight excluding hydrogens is 359 g/mol. The summed E-state index contributed by atoms with van der Waals surface area (Å²) in [7, 11) is 0. The summed E-state index contributed by atoms with van der Waals surface area (Å²) in [5.74, 6) is 0.370. The number of hydrogen-bond donors (Lipinski definition) is 3. The molecule has 0 atom stereocenters. The zero-order valence-corrected chi connectivity index (χ0v) is 14.0. The van der Waals surface area contributed by atoms with Gasteiger partial charge >= 0.3 is 12.2 Å². The minimum atomic E-state index is -4.48. The lowest BCUT2D eigenvalue weighted by Crippen LogP contribution is -2.34. The minimum absolute atomic E-state index is 0.0445. The van der Waals surface area contributed by atoms with Crippen LogP contribution in [0.1, 0.15) is 19.4 Å². The van der Waals surface area contributed by atoms with E-state index < -0.39 is 17.8 Å². The van der Waals surface area contributed by atoms with Gasteiger partial charge in [-0.15, -0.1) is 10.2 Å². The van der Waals surface area contributed by atoms with Crippen LogP contribution in [0.25, 0.3) is 0 Å². The van der Waals surface area contributed by atoms with E-state index in [9.17, 15) is 18.0 Å². The molecular formula is C15H15ClF3N5O. The van der Waals surface area contributed by atoms with Gasteiger partial charge in [0.1, 0.15) is 0 Å². The molecule has 3 N–H and O–H groups in total. The Hall–Kier alpha value is -2.55. The Labute approximate surface area is 146 Å². The monoisotopic (exact) mass is 373 g/mol. The summed E-state index contributed by atoms with van der Waals surface area (Å²) in [6.07, 6.45) is -4.48. The number of carbonyl (C=O) groups excluding carboxylic acids is 1. The summed E-state index contributed by atoms with van der Waals surface area (Å²) < 4.78 is 38.3. The van der Waals surface area contributed by atoms with Crippen LogP contribution >= 0.6 is 11.6 Å². The zero-order chi connectivity index (χ0) is 18.6. The van der Waals surface area contributed by atoms with Gasteiger partial charge in [0.05, 0.1) is 16.3 Å². The van der Waals surface area contributed by atoms with Crippen molar-refractivity contribution in [3.05, 3.63) is 40.9 Å². The largest absolute Gasteiger partial charge is 0.416 e. The predicted octanol–water partition coefficient (Wildman–Crippen LogP) is 4.42. The van der Waals surface area contributed by atoms with E-state index >= 15 is 0 Å². The number of alkyl halides is 3. The van der Waals surface area contributed by atoms with Crippen molar-refractivity contribution in [3.8, 4) is 0 Å². The van der Waals surface area contributed by atoms with Crippen molar-refractivity contribution in [2.75, 3.05) is 10.6 Å². The number of nitrogens with zero attached hydrogens (tertiary/aromatic N) is 2. The van der Waals surface area contributed by atoms with Crippen molar-refractivity contribution in [1.29, 1.82) is 0 Å². The van der Waals surface area contributed by atoms with E-state index in [1.165, 1.54) is 12.1 Å². The Bertz CT molecular complexity index is 750. The second-order valence-electron chi connectivity index (χ2n) is 5.37. The van der Waals surface area contributed by atoms with Gasteiger partial charge in [0.2, 0.25) is 0 Å². The number of halogens is 4. The summed E-state index contributed by atoms with van der Waals surface area (Å²) in [4.78, 5) is 11.5. The second-order valence-corrected chi connectivity index (χ2v) is 5.78. The Balaban J connectivity index is 2.10. The van der Waals surface area contributed by atoms with Crippen molar-refractivity contribution in [2.24, 2.45) is 0 Å². The molecule has 0 aliphatic rings. The van der Waals surface area contributed by atoms with Crippen LogP contribution in [0, 0.1) is 0 Å². The average Bonchev–Trinajstić information content (AvgIpc) is 2.49. The Morgan fingerprint density at radius 3 is 2.32 bits per heavy atom. The quantitative estimate of drug-likeness (QED) is 0.741. The molecule has 0 aliphatic carbocycles. The summed E-state index contributed by atoms with van der Waals surface area (Å²) >= 11 is 5.90. The average molecular weight is 374 g/mol. The van der Waals surface area contributed by atoms with Crippen LogP contribution < -0.4 is 16.0 Å². The van der Waals surface area contributed by atoms with Crippen LogP contribution in [-0.2, 0) is 6.18 Å². The first-order valence-electron chi connectivity index (χ1n) is 7.20. The van der Waals surface area contributed by atoms with Gasteiger partial charge in [-0.3, -0.25) is 5.32 Å². The second kappa shape index (κ2) is 7.56. The number of amides is 2. The number of anilines is 3. The molecule has 0 unspecified atom stereocenters. The summed E-state index contributed by atoms with van der Waals surface area (Å²) in [5.41, 5.74) is -0.792. The minimum Gasteiger partial charge on any atom is -0.338 e. The van der Waals surface area contributed by atoms with E-state index in [0.717, 1.165) is 18.2 Å². The molecule has 134 valence electrons. The maximum absolute atomic E-state index is 12.8. The topological polar surface area (TPSA) is 78.9 Å². The number of rotatable bonds is 4. The Morgan fingerprint density at radius 2 is 1.76 bits per heavy atom. The van der Waals surface area contributed by atoms with Crippen molar-refractivity contribution >= 4 is 35.0 Å². The summed E-state index contributed by atoms with van der Waals surface area (Å²) in [6.45, 7) is 3.61. The highest BCUT2D eigenvalue weighted by atomic mass is 35.5. The van der Waals surface area contributed by atoms with Crippen molar-refractivity contribution < 1.29 is 18.0 Å². The smallest absolute Gasteiger partial charge is 0.338 e. The molecule has 2 amide bonds. The highest BCUT2D eigenvalue weighted by molar-refractivity contribution is 6.33. The number of benzene rings is 1. The molecule has 1 aromatic carbocycles. The highest BCUT2D eigenvalue weighted by Crippen LogP contribution is 2.34. The lowest BCUT2D eigenvalue weighted by molar-refractivity contribution is -0.137. The van der Waals surface area contributed by atoms with Gasteiger partial charge in [0, 0.05) is 6.04 Å². The molecule has 1 heterocycles. The van der Waals surface area contributed by atoms with Crippen LogP contribution in [-0.4, -0.2) is 22.3 Å². The third kappa shape index (κ3) is 5.49. The number of aromatic nitrogens is 2. The fourth-order valence-corrected chi connectivity index (χ4v) is 1.98. The van der Waals surface area contributed by atoms with Gasteiger partial charge in [0.15, 0.2) is 11.6 Å². The van der Waals surface area contributed by atoms with Crippen LogP contribution in [0.3, 0.4) is 0 Å². The van der Waals surface area contributed by atoms with E-state index in [4.69, 9.17) is 11.6 Å². The Kier molecular flexibility index (Phi) is 5.68. The molecule has 25 heavy (non-hydrogen) atoms. The molecule has 0 bridgehead atoms. The van der Waals surface area contributed by atoms with Gasteiger partial charge in [-0.1, -0.05) is 11.6 Å². The fraction of sp³-hybridized carbons (Fsp3) is 0.267. The molecule has 1 aromatic heterocycles. The molecule has 10 heteroatoms. The molecule has 2 aromatic rings. The first kappa shape index (κ1) is 18.8. The maximum Gasteiger partial charge on any atom is 0.416 e. The lowest BCUT2D eigenvalue weighted by atomic mass is 10.2. The van der Waals surface area contributed by atoms with Crippen molar-refractivity contribution in [1.82, 2.24) is 15.5 Å². The van der Waals surface area contributed by atoms with Gasteiger partial charge in [-0.2, -0.15) is 13.2 Å². The van der Waals surface area contributed by atoms with E-state index in [1.807, 2.05) is 0 Å². The van der Waals surface area contributed by atoms with Crippen LogP contribution in [0.2, 0.25) is 5.02 Å². The molecule has 0 saturated heterocycles. The van der Waals surface area contributed by atoms with Crippen LogP contribution in [0.4, 0.5) is 35.3 Å². The normalized spacial score (nSPS) is 11.3. The maximum atomic E-state index is 12.8. The molecule has 0 fully saturated rings. The number of nitrogens with one attached hydrogen (secondary N) is 3. The van der Waals surface area contributed by atoms with Gasteiger partial charge < -0.3 is 10.6 Å². The van der Waals surface area contributed by atoms with Crippen molar-refractivity contribution in [2.45, 2.75) is 26.1 Å². The Morgan fingerprint density at radius 1 is 1.12 bits per heavy atom. The SMILES string of the molecule is CC(C)NC(=O)Nc1ccc(Nc2cc(C(F)(F)F)ccc2Cl)nn1. The first-order valence-corrected chi connectivity index (χ1v) is 7.58. The first-order chi connectivity index (χ1) is 11.6. The van der Waals surface area contributed by atoms with E-state index in [2.05, 4.69) is 26.1 Å². The molecule has 0 spiro atoms. The molecule has 2 rings (SSSR count). The third-order valence-corrected chi connectivity index (χ3v) is 3.21. The summed E-state index contributed by atoms with van der Waals surface area (Å²) in [5, 5.41) is 15.4. The standard InChI is InChI=1S/C15H15ClF3N5O/c1-8(2)20-14(25)22-13-6-5-12(23-24-13)21-11-7-9(15(17,18)19)3-4-10(11)16/h3-8H,1-2H3,(H,21,23)(H2,20,22,24,25). The molecule has 0 radical (unpaired) electrons. The molecule has 0 saturated carbocycles. The van der Waals surface area contributed by atoms with Crippen LogP contribution in [0.5, 0.6) is 0 Å². The van der Waals surface area contributed by atoms with Crippen LogP contribution in [0.15, 0.2) is 30.3 Å². The van der Waals surface area contributed by atoms with Crippen molar-refractivity contribution in [3.63, 3.8) is 0 Å². The van der Waals surface area contributed by atoms with Gasteiger partial charge in [-0.05, 0) is 44.2 Å².